The molecule has 0 aliphatic heterocycles. The summed E-state index contributed by atoms with van der Waals surface area (Å²) in [5.41, 5.74) is -0.301. The van der Waals surface area contributed by atoms with Crippen LogP contribution in [-0.2, 0) is 32.0 Å². The summed E-state index contributed by atoms with van der Waals surface area (Å²) in [6, 6.07) is 0.242. The maximum atomic E-state index is 12.5. The molecule has 0 fully saturated rings. The Balaban J connectivity index is 2.56. The van der Waals surface area contributed by atoms with Crippen molar-refractivity contribution < 1.29 is 9.84 Å². The van der Waals surface area contributed by atoms with Crippen LogP contribution in [0.25, 0.3) is 11.2 Å². The van der Waals surface area contributed by atoms with E-state index in [2.05, 4.69) is 10.3 Å². The maximum Gasteiger partial charge on any atom is 0.332 e. The Bertz CT molecular complexity index is 833. The topological polar surface area (TPSA) is 103 Å². The summed E-state index contributed by atoms with van der Waals surface area (Å²) in [5.74, 6) is 0.495. The molecule has 0 bridgehead atoms. The maximum absolute atomic E-state index is 12.5. The van der Waals surface area contributed by atoms with Gasteiger partial charge in [-0.3, -0.25) is 13.9 Å². The van der Waals surface area contributed by atoms with Gasteiger partial charge in [0.15, 0.2) is 11.2 Å². The summed E-state index contributed by atoms with van der Waals surface area (Å²) in [6.07, 6.45) is -0.706. The van der Waals surface area contributed by atoms with Gasteiger partial charge in [-0.15, -0.1) is 0 Å². The summed E-state index contributed by atoms with van der Waals surface area (Å²) in [4.78, 5) is 29.0. The third-order valence-corrected chi connectivity index (χ3v) is 3.86. The first-order valence-electron chi connectivity index (χ1n) is 7.83. The normalized spacial score (nSPS) is 13.1. The highest BCUT2D eigenvalue weighted by atomic mass is 16.5. The third kappa shape index (κ3) is 3.42. The minimum absolute atomic E-state index is 0.177. The number of nitrogens with zero attached hydrogens (tertiary/aromatic N) is 4. The molecule has 0 saturated heterocycles. The van der Waals surface area contributed by atoms with Crippen LogP contribution in [-0.4, -0.2) is 49.6 Å². The van der Waals surface area contributed by atoms with E-state index in [1.165, 1.54) is 18.7 Å². The van der Waals surface area contributed by atoms with E-state index in [9.17, 15) is 14.7 Å². The monoisotopic (exact) mass is 339 g/mol. The van der Waals surface area contributed by atoms with Crippen LogP contribution >= 0.6 is 0 Å². The van der Waals surface area contributed by atoms with Crippen LogP contribution in [0.3, 0.4) is 0 Å². The lowest BCUT2D eigenvalue weighted by Gasteiger charge is -2.16. The summed E-state index contributed by atoms with van der Waals surface area (Å²) >= 11 is 0. The molecule has 9 heteroatoms. The minimum Gasteiger partial charge on any atom is -0.390 e. The number of fused-ring (bicyclic) bond motifs is 1. The molecule has 2 heterocycles. The standard InChI is InChI=1S/C15H25N5O4/c1-9(2)16-6-10(21)7-20-11(8-24-5)17-13-12(20)14(22)19(4)15(23)18(13)3/h9-10,16,21H,6-8H2,1-5H3/t10-/m1/s1. The molecule has 0 amide bonds. The van der Waals surface area contributed by atoms with Crippen LogP contribution in [0, 0.1) is 0 Å². The number of aliphatic hydroxyl groups is 1. The fourth-order valence-electron chi connectivity index (χ4n) is 2.57. The average Bonchev–Trinajstić information content (AvgIpc) is 2.88. The van der Waals surface area contributed by atoms with E-state index >= 15 is 0 Å². The Labute approximate surface area is 139 Å². The van der Waals surface area contributed by atoms with E-state index in [4.69, 9.17) is 4.74 Å². The lowest BCUT2D eigenvalue weighted by Crippen LogP contribution is -2.38. The quantitative estimate of drug-likeness (QED) is 0.666. The van der Waals surface area contributed by atoms with Gasteiger partial charge in [-0.05, 0) is 0 Å². The van der Waals surface area contributed by atoms with E-state index in [0.717, 1.165) is 4.57 Å². The molecule has 134 valence electrons. The molecule has 0 spiro atoms. The van der Waals surface area contributed by atoms with Crippen LogP contribution in [0.5, 0.6) is 0 Å². The fourth-order valence-corrected chi connectivity index (χ4v) is 2.57. The van der Waals surface area contributed by atoms with Crippen molar-refractivity contribution in [3.63, 3.8) is 0 Å². The Morgan fingerprint density at radius 2 is 1.92 bits per heavy atom. The number of rotatable bonds is 7. The van der Waals surface area contributed by atoms with Crippen LogP contribution in [0.4, 0.5) is 0 Å². The van der Waals surface area contributed by atoms with Gasteiger partial charge >= 0.3 is 5.69 Å². The summed E-state index contributed by atoms with van der Waals surface area (Å²) in [7, 11) is 4.51. The van der Waals surface area contributed by atoms with E-state index in [1.54, 1.807) is 11.6 Å². The van der Waals surface area contributed by atoms with Gasteiger partial charge in [-0.1, -0.05) is 13.8 Å². The second kappa shape index (κ2) is 7.29. The molecule has 1 atom stereocenters. The number of aliphatic hydroxyl groups excluding tert-OH is 1. The van der Waals surface area contributed by atoms with Crippen molar-refractivity contribution in [1.82, 2.24) is 24.0 Å². The second-order valence-electron chi connectivity index (χ2n) is 6.17. The average molecular weight is 339 g/mol. The van der Waals surface area contributed by atoms with Crippen LogP contribution in [0.2, 0.25) is 0 Å². The molecule has 0 radical (unpaired) electrons. The first-order chi connectivity index (χ1) is 11.3. The highest BCUT2D eigenvalue weighted by Gasteiger charge is 2.20. The minimum atomic E-state index is -0.706. The zero-order chi connectivity index (χ0) is 18.0. The lowest BCUT2D eigenvalue weighted by atomic mass is 10.3. The molecule has 24 heavy (non-hydrogen) atoms. The van der Waals surface area contributed by atoms with Crippen molar-refractivity contribution in [1.29, 1.82) is 0 Å². The van der Waals surface area contributed by atoms with Crippen molar-refractivity contribution in [2.24, 2.45) is 14.1 Å². The number of hydrogen-bond acceptors (Lipinski definition) is 6. The van der Waals surface area contributed by atoms with Gasteiger partial charge in [0.2, 0.25) is 0 Å². The first kappa shape index (κ1) is 18.4. The molecular weight excluding hydrogens is 314 g/mol. The van der Waals surface area contributed by atoms with Crippen molar-refractivity contribution in [2.75, 3.05) is 13.7 Å². The summed E-state index contributed by atoms with van der Waals surface area (Å²) in [6.45, 7) is 4.72. The summed E-state index contributed by atoms with van der Waals surface area (Å²) in [5, 5.41) is 13.4. The number of imidazole rings is 1. The zero-order valence-corrected chi connectivity index (χ0v) is 14.7. The van der Waals surface area contributed by atoms with Gasteiger partial charge in [0, 0.05) is 33.8 Å². The number of nitrogens with one attached hydrogen (secondary N) is 1. The van der Waals surface area contributed by atoms with Gasteiger partial charge in [0.1, 0.15) is 12.4 Å². The van der Waals surface area contributed by atoms with Gasteiger partial charge in [-0.2, -0.15) is 0 Å². The second-order valence-corrected chi connectivity index (χ2v) is 6.17. The van der Waals surface area contributed by atoms with Gasteiger partial charge in [0.05, 0.1) is 12.6 Å². The molecule has 2 aromatic heterocycles. The molecule has 2 aromatic rings. The Morgan fingerprint density at radius 1 is 1.25 bits per heavy atom. The molecule has 2 N–H and O–H groups in total. The largest absolute Gasteiger partial charge is 0.390 e. The number of ether oxygens (including phenoxy) is 1. The Morgan fingerprint density at radius 3 is 2.50 bits per heavy atom. The van der Waals surface area contributed by atoms with E-state index in [1.807, 2.05) is 13.8 Å². The summed E-state index contributed by atoms with van der Waals surface area (Å²) < 4.78 is 9.14. The highest BCUT2D eigenvalue weighted by molar-refractivity contribution is 5.71. The number of aromatic nitrogens is 4. The molecule has 0 aliphatic rings. The molecular formula is C15H25N5O4. The zero-order valence-electron chi connectivity index (χ0n) is 14.7. The van der Waals surface area contributed by atoms with E-state index in [-0.39, 0.29) is 24.7 Å². The predicted octanol–water partition coefficient (Wildman–Crippen LogP) is -1.06. The van der Waals surface area contributed by atoms with E-state index < -0.39 is 17.4 Å². The molecule has 0 aromatic carbocycles. The van der Waals surface area contributed by atoms with Crippen molar-refractivity contribution in [2.45, 2.75) is 39.1 Å². The highest BCUT2D eigenvalue weighted by Crippen LogP contribution is 2.13. The van der Waals surface area contributed by atoms with Crippen molar-refractivity contribution in [3.05, 3.63) is 26.7 Å². The van der Waals surface area contributed by atoms with E-state index in [0.29, 0.717) is 18.0 Å². The third-order valence-electron chi connectivity index (χ3n) is 3.86. The van der Waals surface area contributed by atoms with Gasteiger partial charge < -0.3 is 19.7 Å². The number of aryl methyl sites for hydroxylation is 1. The van der Waals surface area contributed by atoms with Gasteiger partial charge in [-0.25, -0.2) is 9.78 Å². The molecule has 0 aliphatic carbocycles. The molecule has 0 unspecified atom stereocenters. The van der Waals surface area contributed by atoms with Crippen LogP contribution < -0.4 is 16.6 Å². The SMILES string of the molecule is COCc1nc2c(c(=O)n(C)c(=O)n2C)n1C[C@H](O)CNC(C)C. The smallest absolute Gasteiger partial charge is 0.332 e. The Kier molecular flexibility index (Phi) is 5.58. The molecule has 2 rings (SSSR count). The number of methoxy groups -OCH3 is 1. The molecule has 0 saturated carbocycles. The van der Waals surface area contributed by atoms with Crippen LogP contribution in [0.15, 0.2) is 9.59 Å². The predicted molar refractivity (Wildman–Crippen MR) is 90.1 cm³/mol. The molecule has 9 nitrogen and oxygen atoms in total. The van der Waals surface area contributed by atoms with Gasteiger partial charge in [0.25, 0.3) is 5.56 Å². The number of hydrogen-bond donors (Lipinski definition) is 2. The lowest BCUT2D eigenvalue weighted by molar-refractivity contribution is 0.139. The first-order valence-corrected chi connectivity index (χ1v) is 7.83. The van der Waals surface area contributed by atoms with Crippen molar-refractivity contribution >= 4 is 11.2 Å². The fraction of sp³-hybridized carbons (Fsp3) is 0.667. The van der Waals surface area contributed by atoms with Crippen molar-refractivity contribution in [3.8, 4) is 0 Å². The Hall–Kier alpha value is -1.97. The van der Waals surface area contributed by atoms with Crippen LogP contribution in [0.1, 0.15) is 19.7 Å².